The SMILES string of the molecule is CCOC(=O)c1cccc(O[C@H](C)C(=O)c2c[nH]c3ccccc23)c1. The molecular formula is C20H19NO4. The molecule has 0 saturated carbocycles. The Morgan fingerprint density at radius 3 is 2.72 bits per heavy atom. The summed E-state index contributed by atoms with van der Waals surface area (Å²) in [4.78, 5) is 27.6. The second-order valence-corrected chi connectivity index (χ2v) is 5.62. The van der Waals surface area contributed by atoms with Crippen LogP contribution in [0.2, 0.25) is 0 Å². The second kappa shape index (κ2) is 7.21. The van der Waals surface area contributed by atoms with E-state index in [2.05, 4.69) is 4.98 Å². The molecule has 5 nitrogen and oxygen atoms in total. The van der Waals surface area contributed by atoms with Gasteiger partial charge in [-0.1, -0.05) is 24.3 Å². The molecule has 3 rings (SSSR count). The highest BCUT2D eigenvalue weighted by Gasteiger charge is 2.20. The number of aromatic nitrogens is 1. The third-order valence-electron chi connectivity index (χ3n) is 3.88. The molecule has 0 radical (unpaired) electrons. The highest BCUT2D eigenvalue weighted by Crippen LogP contribution is 2.22. The minimum atomic E-state index is -0.684. The number of carbonyl (C=O) groups is 2. The van der Waals surface area contributed by atoms with E-state index >= 15 is 0 Å². The number of ether oxygens (including phenoxy) is 2. The van der Waals surface area contributed by atoms with Crippen molar-refractivity contribution in [2.75, 3.05) is 6.61 Å². The number of fused-ring (bicyclic) bond motifs is 1. The van der Waals surface area contributed by atoms with E-state index < -0.39 is 12.1 Å². The zero-order valence-electron chi connectivity index (χ0n) is 14.1. The largest absolute Gasteiger partial charge is 0.483 e. The van der Waals surface area contributed by atoms with E-state index in [4.69, 9.17) is 9.47 Å². The average Bonchev–Trinajstić information content (AvgIpc) is 3.05. The predicted molar refractivity (Wildman–Crippen MR) is 95.1 cm³/mol. The molecule has 0 bridgehead atoms. The Morgan fingerprint density at radius 1 is 1.12 bits per heavy atom. The molecule has 128 valence electrons. The molecule has 0 aliphatic rings. The first kappa shape index (κ1) is 16.8. The number of nitrogens with one attached hydrogen (secondary N) is 1. The summed E-state index contributed by atoms with van der Waals surface area (Å²) in [6.07, 6.45) is 1.01. The van der Waals surface area contributed by atoms with Crippen LogP contribution in [0.15, 0.2) is 54.7 Å². The monoisotopic (exact) mass is 337 g/mol. The minimum absolute atomic E-state index is 0.126. The molecular weight excluding hydrogens is 318 g/mol. The second-order valence-electron chi connectivity index (χ2n) is 5.62. The number of Topliss-reactive ketones (excluding diaryl/α,β-unsaturated/α-hetero) is 1. The Labute approximate surface area is 145 Å². The van der Waals surface area contributed by atoms with Crippen LogP contribution >= 0.6 is 0 Å². The smallest absolute Gasteiger partial charge is 0.338 e. The van der Waals surface area contributed by atoms with Crippen molar-refractivity contribution in [2.45, 2.75) is 20.0 Å². The third kappa shape index (κ3) is 3.55. The van der Waals surface area contributed by atoms with E-state index in [0.29, 0.717) is 23.5 Å². The van der Waals surface area contributed by atoms with Crippen LogP contribution in [-0.2, 0) is 4.74 Å². The number of ketones is 1. The molecule has 1 atom stereocenters. The Bertz CT molecular complexity index is 913. The highest BCUT2D eigenvalue weighted by atomic mass is 16.5. The molecule has 1 heterocycles. The van der Waals surface area contributed by atoms with Gasteiger partial charge in [0.2, 0.25) is 5.78 Å². The van der Waals surface area contributed by atoms with Crippen molar-refractivity contribution < 1.29 is 19.1 Å². The molecule has 0 saturated heterocycles. The fraction of sp³-hybridized carbons (Fsp3) is 0.200. The lowest BCUT2D eigenvalue weighted by Gasteiger charge is -2.14. The molecule has 1 aromatic heterocycles. The summed E-state index contributed by atoms with van der Waals surface area (Å²) < 4.78 is 10.7. The number of benzene rings is 2. The summed E-state index contributed by atoms with van der Waals surface area (Å²) in [6, 6.07) is 14.3. The van der Waals surface area contributed by atoms with Crippen LogP contribution in [-0.4, -0.2) is 29.4 Å². The first-order chi connectivity index (χ1) is 12.1. The lowest BCUT2D eigenvalue weighted by molar-refractivity contribution is 0.0525. The van der Waals surface area contributed by atoms with Crippen molar-refractivity contribution in [2.24, 2.45) is 0 Å². The maximum Gasteiger partial charge on any atom is 0.338 e. The van der Waals surface area contributed by atoms with E-state index in [0.717, 1.165) is 10.9 Å². The van der Waals surface area contributed by atoms with Crippen LogP contribution in [0, 0.1) is 0 Å². The number of para-hydroxylation sites is 1. The molecule has 1 N–H and O–H groups in total. The number of H-pyrrole nitrogens is 1. The molecule has 0 fully saturated rings. The summed E-state index contributed by atoms with van der Waals surface area (Å²) in [5, 5.41) is 0.864. The number of hydrogen-bond donors (Lipinski definition) is 1. The number of rotatable bonds is 6. The average molecular weight is 337 g/mol. The Balaban J connectivity index is 1.78. The van der Waals surface area contributed by atoms with Crippen molar-refractivity contribution in [3.05, 3.63) is 65.9 Å². The predicted octanol–water partition coefficient (Wildman–Crippen LogP) is 3.99. The van der Waals surface area contributed by atoms with Gasteiger partial charge in [0.25, 0.3) is 0 Å². The molecule has 0 unspecified atom stereocenters. The van der Waals surface area contributed by atoms with Gasteiger partial charge in [-0.3, -0.25) is 4.79 Å². The highest BCUT2D eigenvalue weighted by molar-refractivity contribution is 6.09. The Kier molecular flexibility index (Phi) is 4.84. The van der Waals surface area contributed by atoms with Gasteiger partial charge in [0, 0.05) is 22.7 Å². The first-order valence-electron chi connectivity index (χ1n) is 8.14. The van der Waals surface area contributed by atoms with Gasteiger partial charge in [0.15, 0.2) is 6.10 Å². The van der Waals surface area contributed by atoms with Crippen LogP contribution in [0.5, 0.6) is 5.75 Å². The van der Waals surface area contributed by atoms with Gasteiger partial charge < -0.3 is 14.5 Å². The molecule has 0 spiro atoms. The number of aromatic amines is 1. The quantitative estimate of drug-likeness (QED) is 0.545. The van der Waals surface area contributed by atoms with Gasteiger partial charge >= 0.3 is 5.97 Å². The lowest BCUT2D eigenvalue weighted by atomic mass is 10.1. The summed E-state index contributed by atoms with van der Waals surface area (Å²) in [6.45, 7) is 3.75. The fourth-order valence-electron chi connectivity index (χ4n) is 2.66. The van der Waals surface area contributed by atoms with Crippen molar-refractivity contribution in [1.29, 1.82) is 0 Å². The normalized spacial score (nSPS) is 11.9. The van der Waals surface area contributed by atoms with Crippen molar-refractivity contribution in [3.63, 3.8) is 0 Å². The van der Waals surface area contributed by atoms with Gasteiger partial charge in [0.05, 0.1) is 12.2 Å². The van der Waals surface area contributed by atoms with Crippen LogP contribution in [0.25, 0.3) is 10.9 Å². The van der Waals surface area contributed by atoms with Crippen molar-refractivity contribution >= 4 is 22.7 Å². The maximum atomic E-state index is 12.7. The molecule has 0 aliphatic carbocycles. The first-order valence-corrected chi connectivity index (χ1v) is 8.14. The molecule has 3 aromatic rings. The van der Waals surface area contributed by atoms with E-state index in [1.54, 1.807) is 44.3 Å². The molecule has 2 aromatic carbocycles. The van der Waals surface area contributed by atoms with Crippen molar-refractivity contribution in [3.8, 4) is 5.75 Å². The zero-order valence-corrected chi connectivity index (χ0v) is 14.1. The van der Waals surface area contributed by atoms with Gasteiger partial charge in [-0.25, -0.2) is 4.79 Å². The standard InChI is InChI=1S/C20H19NO4/c1-3-24-20(23)14-7-6-8-15(11-14)25-13(2)19(22)17-12-21-18-10-5-4-9-16(17)18/h4-13,21H,3H2,1-2H3/t13-/m1/s1. The van der Waals surface area contributed by atoms with E-state index in [1.165, 1.54) is 0 Å². The summed E-state index contributed by atoms with van der Waals surface area (Å²) in [5.41, 5.74) is 1.89. The van der Waals surface area contributed by atoms with E-state index in [9.17, 15) is 9.59 Å². The fourth-order valence-corrected chi connectivity index (χ4v) is 2.66. The number of hydrogen-bond acceptors (Lipinski definition) is 4. The summed E-state index contributed by atoms with van der Waals surface area (Å²) in [5.74, 6) is -0.0891. The third-order valence-corrected chi connectivity index (χ3v) is 3.88. The van der Waals surface area contributed by atoms with Crippen LogP contribution < -0.4 is 4.74 Å². The van der Waals surface area contributed by atoms with E-state index in [1.807, 2.05) is 24.3 Å². The van der Waals surface area contributed by atoms with Gasteiger partial charge in [-0.05, 0) is 38.1 Å². The maximum absolute atomic E-state index is 12.7. The van der Waals surface area contributed by atoms with Gasteiger partial charge in [-0.15, -0.1) is 0 Å². The van der Waals surface area contributed by atoms with Gasteiger partial charge in [0.1, 0.15) is 5.75 Å². The van der Waals surface area contributed by atoms with Gasteiger partial charge in [-0.2, -0.15) is 0 Å². The zero-order chi connectivity index (χ0) is 17.8. The Hall–Kier alpha value is -3.08. The van der Waals surface area contributed by atoms with Crippen LogP contribution in [0.1, 0.15) is 34.6 Å². The molecule has 0 aliphatic heterocycles. The lowest BCUT2D eigenvalue weighted by Crippen LogP contribution is -2.23. The summed E-state index contributed by atoms with van der Waals surface area (Å²) in [7, 11) is 0. The van der Waals surface area contributed by atoms with Crippen LogP contribution in [0.3, 0.4) is 0 Å². The Morgan fingerprint density at radius 2 is 1.92 bits per heavy atom. The van der Waals surface area contributed by atoms with E-state index in [-0.39, 0.29) is 5.78 Å². The molecule has 0 amide bonds. The summed E-state index contributed by atoms with van der Waals surface area (Å²) >= 11 is 0. The minimum Gasteiger partial charge on any atom is -0.483 e. The molecule has 25 heavy (non-hydrogen) atoms. The topological polar surface area (TPSA) is 68.4 Å². The van der Waals surface area contributed by atoms with Crippen molar-refractivity contribution in [1.82, 2.24) is 4.98 Å². The number of carbonyl (C=O) groups excluding carboxylic acids is 2. The molecule has 5 heteroatoms. The number of esters is 1. The van der Waals surface area contributed by atoms with Crippen LogP contribution in [0.4, 0.5) is 0 Å².